The van der Waals surface area contributed by atoms with Gasteiger partial charge in [0.15, 0.2) is 14.1 Å². The molecule has 0 saturated heterocycles. The quantitative estimate of drug-likeness (QED) is 0.457. The van der Waals surface area contributed by atoms with Crippen molar-refractivity contribution >= 4 is 19.9 Å². The third-order valence-corrected chi connectivity index (χ3v) is 13.0. The van der Waals surface area contributed by atoms with Crippen molar-refractivity contribution in [2.45, 2.75) is 103 Å². The highest BCUT2D eigenvalue weighted by Gasteiger charge is 2.63. The molecule has 4 heteroatoms. The van der Waals surface area contributed by atoms with Crippen molar-refractivity contribution in [1.82, 2.24) is 0 Å². The van der Waals surface area contributed by atoms with Crippen LogP contribution in [0.1, 0.15) is 78.6 Å². The molecule has 4 atom stereocenters. The van der Waals surface area contributed by atoms with Crippen molar-refractivity contribution in [2.75, 3.05) is 0 Å². The van der Waals surface area contributed by atoms with Crippen molar-refractivity contribution < 1.29 is 14.0 Å². The zero-order chi connectivity index (χ0) is 19.6. The number of rotatable bonds is 2. The lowest BCUT2D eigenvalue weighted by Gasteiger charge is -2.53. The van der Waals surface area contributed by atoms with Crippen molar-refractivity contribution in [1.29, 1.82) is 0 Å². The van der Waals surface area contributed by atoms with E-state index in [0.717, 1.165) is 50.5 Å². The molecular formula is C23H36O3Si. The maximum absolute atomic E-state index is 13.7. The highest BCUT2D eigenvalue weighted by molar-refractivity contribution is 6.74. The van der Waals surface area contributed by atoms with Gasteiger partial charge in [0.2, 0.25) is 0 Å². The molecule has 27 heavy (non-hydrogen) atoms. The number of allylic oxidation sites excluding steroid dienone is 2. The van der Waals surface area contributed by atoms with Crippen LogP contribution in [0.4, 0.5) is 0 Å². The maximum Gasteiger partial charge on any atom is 0.192 e. The van der Waals surface area contributed by atoms with Crippen molar-refractivity contribution in [3.63, 3.8) is 0 Å². The summed E-state index contributed by atoms with van der Waals surface area (Å²) in [7, 11) is -1.95. The lowest BCUT2D eigenvalue weighted by atomic mass is 9.52. The molecule has 3 nitrogen and oxygen atoms in total. The van der Waals surface area contributed by atoms with Gasteiger partial charge in [-0.2, -0.15) is 0 Å². The van der Waals surface area contributed by atoms with Crippen molar-refractivity contribution in [3.8, 4) is 0 Å². The van der Waals surface area contributed by atoms with E-state index in [-0.39, 0.29) is 28.6 Å². The molecule has 0 N–H and O–H groups in total. The molecule has 1 spiro atoms. The highest BCUT2D eigenvalue weighted by atomic mass is 28.4. The number of ketones is 2. The highest BCUT2D eigenvalue weighted by Crippen LogP contribution is 2.60. The zero-order valence-corrected chi connectivity index (χ0v) is 18.8. The van der Waals surface area contributed by atoms with Crippen LogP contribution in [0.2, 0.25) is 18.1 Å². The molecule has 2 bridgehead atoms. The number of hydrogen-bond donors (Lipinski definition) is 0. The second-order valence-corrected chi connectivity index (χ2v) is 15.7. The van der Waals surface area contributed by atoms with E-state index in [0.29, 0.717) is 12.3 Å². The van der Waals surface area contributed by atoms with E-state index in [1.807, 2.05) is 0 Å². The van der Waals surface area contributed by atoms with Gasteiger partial charge in [0.05, 0.1) is 5.41 Å². The largest absolute Gasteiger partial charge is 0.414 e. The van der Waals surface area contributed by atoms with Crippen molar-refractivity contribution in [3.05, 3.63) is 11.1 Å². The van der Waals surface area contributed by atoms with Crippen LogP contribution < -0.4 is 0 Å². The molecule has 3 fully saturated rings. The fraction of sp³-hybridized carbons (Fsp3) is 0.826. The smallest absolute Gasteiger partial charge is 0.192 e. The maximum atomic E-state index is 13.7. The molecule has 0 aromatic heterocycles. The fourth-order valence-corrected chi connectivity index (χ4v) is 7.61. The molecule has 0 amide bonds. The minimum absolute atomic E-state index is 0.0743. The lowest BCUT2D eigenvalue weighted by Crippen LogP contribution is -2.59. The molecular weight excluding hydrogens is 352 g/mol. The SMILES string of the molecule is CC(C)(C)[Si](C)(C)O[C@H]1CCC[C@@]23C(=O)CCCC(=C4CCC[C@H]4[C@H]12)C3=O. The number of hydrogen-bond acceptors (Lipinski definition) is 3. The first-order valence-electron chi connectivity index (χ1n) is 11.1. The molecule has 0 radical (unpaired) electrons. The number of Topliss-reactive ketones (excluding diaryl/α,β-unsaturated/α-hetero) is 2. The van der Waals surface area contributed by atoms with Gasteiger partial charge in [0.1, 0.15) is 5.78 Å². The minimum Gasteiger partial charge on any atom is -0.414 e. The Labute approximate surface area is 165 Å². The van der Waals surface area contributed by atoms with Crippen LogP contribution >= 0.6 is 0 Å². The second kappa shape index (κ2) is 6.38. The molecule has 0 unspecified atom stereocenters. The Morgan fingerprint density at radius 3 is 2.44 bits per heavy atom. The van der Waals surface area contributed by atoms with Gasteiger partial charge in [-0.1, -0.05) is 26.3 Å². The summed E-state index contributed by atoms with van der Waals surface area (Å²) < 4.78 is 6.96. The van der Waals surface area contributed by atoms with E-state index in [1.54, 1.807) is 0 Å². The van der Waals surface area contributed by atoms with Gasteiger partial charge in [-0.3, -0.25) is 9.59 Å². The number of carbonyl (C=O) groups is 2. The standard InChI is InChI=1S/C23H36O3Si/c1-22(2,3)27(4,5)26-18-12-8-14-23-19(24)13-7-11-17(21(23)25)15-9-6-10-16(15)20(18)23/h16,18,20H,6-14H2,1-5H3/t16-,18+,20-,23-/m1/s1. The van der Waals surface area contributed by atoms with Gasteiger partial charge in [0, 0.05) is 18.4 Å². The van der Waals surface area contributed by atoms with Crippen LogP contribution in [0.3, 0.4) is 0 Å². The molecule has 3 saturated carbocycles. The van der Waals surface area contributed by atoms with Crippen molar-refractivity contribution in [2.24, 2.45) is 17.3 Å². The third-order valence-electron chi connectivity index (χ3n) is 8.52. The van der Waals surface area contributed by atoms with E-state index in [2.05, 4.69) is 33.9 Å². The molecule has 0 aromatic carbocycles. The van der Waals surface area contributed by atoms with E-state index >= 15 is 0 Å². The Bertz CT molecular complexity index is 699. The van der Waals surface area contributed by atoms with E-state index < -0.39 is 13.7 Å². The summed E-state index contributed by atoms with van der Waals surface area (Å²) in [6, 6.07) is 0. The summed E-state index contributed by atoms with van der Waals surface area (Å²) in [5.41, 5.74) is 1.73. The average molecular weight is 389 g/mol. The van der Waals surface area contributed by atoms with E-state index in [1.165, 1.54) is 12.0 Å². The van der Waals surface area contributed by atoms with Gasteiger partial charge >= 0.3 is 0 Å². The Morgan fingerprint density at radius 1 is 1.00 bits per heavy atom. The first kappa shape index (κ1) is 19.6. The molecule has 0 aliphatic heterocycles. The zero-order valence-electron chi connectivity index (χ0n) is 17.8. The van der Waals surface area contributed by atoms with Gasteiger partial charge in [0.25, 0.3) is 0 Å². The van der Waals surface area contributed by atoms with Crippen LogP contribution in [0.15, 0.2) is 11.1 Å². The van der Waals surface area contributed by atoms with Crippen LogP contribution in [0, 0.1) is 17.3 Å². The fourth-order valence-electron chi connectivity index (χ4n) is 6.23. The van der Waals surface area contributed by atoms with Gasteiger partial charge in [-0.25, -0.2) is 0 Å². The molecule has 0 heterocycles. The summed E-state index contributed by atoms with van der Waals surface area (Å²) in [5.74, 6) is 0.961. The Hall–Kier alpha value is -0.743. The van der Waals surface area contributed by atoms with Crippen LogP contribution in [0.5, 0.6) is 0 Å². The Balaban J connectivity index is 1.81. The summed E-state index contributed by atoms with van der Waals surface area (Å²) in [5, 5.41) is 0.142. The molecule has 4 aliphatic rings. The number of carbonyl (C=O) groups excluding carboxylic acids is 2. The van der Waals surface area contributed by atoms with Gasteiger partial charge in [-0.15, -0.1) is 0 Å². The topological polar surface area (TPSA) is 43.4 Å². The third kappa shape index (κ3) is 2.77. The average Bonchev–Trinajstić information content (AvgIpc) is 3.02. The Morgan fingerprint density at radius 2 is 1.74 bits per heavy atom. The van der Waals surface area contributed by atoms with Crippen LogP contribution in [-0.2, 0) is 14.0 Å². The van der Waals surface area contributed by atoms with Gasteiger partial charge < -0.3 is 4.43 Å². The summed E-state index contributed by atoms with van der Waals surface area (Å²) >= 11 is 0. The first-order chi connectivity index (χ1) is 12.6. The molecule has 0 aromatic rings. The molecule has 4 aliphatic carbocycles. The molecule has 150 valence electrons. The minimum atomic E-state index is -1.95. The van der Waals surface area contributed by atoms with Gasteiger partial charge in [-0.05, 0) is 81.0 Å². The second-order valence-electron chi connectivity index (χ2n) is 10.9. The Kier molecular flexibility index (Phi) is 4.63. The number of fused-ring (bicyclic) bond motifs is 3. The molecule has 4 rings (SSSR count). The van der Waals surface area contributed by atoms with Crippen LogP contribution in [0.25, 0.3) is 0 Å². The first-order valence-corrected chi connectivity index (χ1v) is 14.0. The van der Waals surface area contributed by atoms with E-state index in [9.17, 15) is 9.59 Å². The lowest BCUT2D eigenvalue weighted by molar-refractivity contribution is -0.153. The monoisotopic (exact) mass is 388 g/mol. The van der Waals surface area contributed by atoms with E-state index in [4.69, 9.17) is 4.43 Å². The predicted octanol–water partition coefficient (Wildman–Crippen LogP) is 5.60. The summed E-state index contributed by atoms with van der Waals surface area (Å²) in [6.07, 6.45) is 8.45. The normalized spacial score (nSPS) is 37.1. The van der Waals surface area contributed by atoms with Crippen LogP contribution in [-0.4, -0.2) is 26.0 Å². The summed E-state index contributed by atoms with van der Waals surface area (Å²) in [4.78, 5) is 27.1. The summed E-state index contributed by atoms with van der Waals surface area (Å²) in [6.45, 7) is 11.5. The predicted molar refractivity (Wildman–Crippen MR) is 110 cm³/mol.